The Morgan fingerprint density at radius 2 is 1.12 bits per heavy atom. The fourth-order valence-electron chi connectivity index (χ4n) is 9.48. The predicted octanol–water partition coefficient (Wildman–Crippen LogP) is 8.73. The summed E-state index contributed by atoms with van der Waals surface area (Å²) in [5, 5.41) is 6.87. The van der Waals surface area contributed by atoms with Gasteiger partial charge in [0.2, 0.25) is 0 Å². The van der Waals surface area contributed by atoms with E-state index >= 15 is 17.6 Å². The van der Waals surface area contributed by atoms with Gasteiger partial charge in [-0.15, -0.1) is 12.4 Å². The third-order valence-electron chi connectivity index (χ3n) is 12.5. The molecule has 0 amide bonds. The molecule has 3 aromatic carbocycles. The highest BCUT2D eigenvalue weighted by atomic mass is 35.5. The van der Waals surface area contributed by atoms with Crippen LogP contribution in [0, 0.1) is 28.7 Å². The van der Waals surface area contributed by atoms with Crippen molar-refractivity contribution in [3.8, 4) is 0 Å². The molecule has 5 fully saturated rings. The normalized spacial score (nSPS) is 25.5. The number of halogens is 5. The van der Waals surface area contributed by atoms with Crippen molar-refractivity contribution in [3.05, 3.63) is 82.4 Å². The van der Waals surface area contributed by atoms with Crippen LogP contribution in [0.3, 0.4) is 0 Å². The van der Waals surface area contributed by atoms with Crippen LogP contribution < -0.4 is 20.4 Å². The lowest BCUT2D eigenvalue weighted by molar-refractivity contribution is 0.379. The number of anilines is 2. The Morgan fingerprint density at radius 1 is 0.615 bits per heavy atom. The summed E-state index contributed by atoms with van der Waals surface area (Å²) >= 11 is 0. The second-order valence-corrected chi connectivity index (χ2v) is 15.6. The van der Waals surface area contributed by atoms with E-state index in [1.54, 1.807) is 12.1 Å². The first-order valence-electron chi connectivity index (χ1n) is 18.7. The van der Waals surface area contributed by atoms with E-state index in [1.165, 1.54) is 37.1 Å². The van der Waals surface area contributed by atoms with Gasteiger partial charge in [0.1, 0.15) is 29.0 Å². The lowest BCUT2D eigenvalue weighted by Crippen LogP contribution is -2.35. The first-order valence-corrected chi connectivity index (χ1v) is 18.7. The van der Waals surface area contributed by atoms with Crippen LogP contribution in [-0.2, 0) is 0 Å². The zero-order valence-corrected chi connectivity index (χ0v) is 29.7. The van der Waals surface area contributed by atoms with Gasteiger partial charge in [-0.25, -0.2) is 27.5 Å². The van der Waals surface area contributed by atoms with Crippen molar-refractivity contribution in [2.24, 2.45) is 5.41 Å². The second kappa shape index (κ2) is 12.9. The Hall–Kier alpha value is -3.87. The van der Waals surface area contributed by atoms with E-state index in [4.69, 9.17) is 0 Å². The number of hydrogen-bond acceptors (Lipinski definition) is 6. The number of aromatic amines is 2. The largest absolute Gasteiger partial charge is 0.367 e. The maximum absolute atomic E-state index is 16.2. The molecule has 5 aromatic rings. The SMILES string of the molecule is Cl.Fc1cc2nc([C@@H]3CCCN3)[nH]c2cc1[C@H]1CC[C@H](c2cc3[nH]c([C@@H]4CCCN4)nc3cc2F)N1c1cc(F)c(N2CCC3(CC2)CC3)c(F)c1. The number of hydrogen-bond donors (Lipinski definition) is 4. The molecule has 4 atom stereocenters. The Bertz CT molecular complexity index is 2010. The minimum Gasteiger partial charge on any atom is -0.367 e. The van der Waals surface area contributed by atoms with E-state index in [0.29, 0.717) is 64.5 Å². The standard InChI is InChI=1S/C39H42F4N8.ClH/c40-24-19-32-30(46-37(48-32)28-3-1-11-44-28)17-22(24)34-5-6-35(23-18-31-33(20-25(23)41)49-38(47-31)29-4-2-12-45-29)51(34)21-15-26(42)36(27(43)16-21)50-13-9-39(7-8-39)10-14-50;/h15-20,28-29,34-35,44-45H,1-14H2,(H,46,48)(H,47,49);1H/t28-,29-,34+,35+;/m0./s1. The van der Waals surface area contributed by atoms with Gasteiger partial charge in [0, 0.05) is 42.0 Å². The minimum atomic E-state index is -0.655. The van der Waals surface area contributed by atoms with Gasteiger partial charge in [-0.3, -0.25) is 0 Å². The van der Waals surface area contributed by atoms with Crippen molar-refractivity contribution >= 4 is 45.8 Å². The zero-order valence-electron chi connectivity index (χ0n) is 28.9. The molecule has 1 spiro atoms. The number of benzene rings is 3. The quantitative estimate of drug-likeness (QED) is 0.131. The van der Waals surface area contributed by atoms with Gasteiger partial charge in [-0.1, -0.05) is 0 Å². The van der Waals surface area contributed by atoms with E-state index in [2.05, 4.69) is 30.6 Å². The number of aromatic nitrogens is 4. The lowest BCUT2D eigenvalue weighted by atomic mass is 9.93. The summed E-state index contributed by atoms with van der Waals surface area (Å²) in [6, 6.07) is 8.09. The van der Waals surface area contributed by atoms with Gasteiger partial charge >= 0.3 is 0 Å². The summed E-state index contributed by atoms with van der Waals surface area (Å²) in [6.07, 6.45) is 9.16. The van der Waals surface area contributed by atoms with Gasteiger partial charge in [0.15, 0.2) is 11.6 Å². The van der Waals surface area contributed by atoms with Crippen LogP contribution >= 0.6 is 12.4 Å². The molecule has 10 rings (SSSR count). The Labute approximate surface area is 305 Å². The number of H-pyrrole nitrogens is 2. The molecule has 4 N–H and O–H groups in total. The number of rotatable bonds is 6. The van der Waals surface area contributed by atoms with E-state index in [-0.39, 0.29) is 35.9 Å². The van der Waals surface area contributed by atoms with E-state index in [0.717, 1.165) is 63.3 Å². The molecule has 0 bridgehead atoms. The molecule has 2 aromatic heterocycles. The van der Waals surface area contributed by atoms with Crippen molar-refractivity contribution in [2.45, 2.75) is 88.4 Å². The molecular weight excluding hydrogens is 692 g/mol. The molecule has 4 saturated heterocycles. The van der Waals surface area contributed by atoms with Crippen molar-refractivity contribution in [3.63, 3.8) is 0 Å². The molecule has 5 aliphatic rings. The number of imidazole rings is 2. The molecule has 274 valence electrons. The Morgan fingerprint density at radius 3 is 1.56 bits per heavy atom. The Kier molecular flexibility index (Phi) is 8.43. The van der Waals surface area contributed by atoms with Crippen LogP contribution in [0.5, 0.6) is 0 Å². The van der Waals surface area contributed by atoms with Crippen molar-refractivity contribution < 1.29 is 17.6 Å². The van der Waals surface area contributed by atoms with Crippen molar-refractivity contribution in [2.75, 3.05) is 36.0 Å². The summed E-state index contributed by atoms with van der Waals surface area (Å²) in [4.78, 5) is 19.8. The zero-order chi connectivity index (χ0) is 34.4. The summed E-state index contributed by atoms with van der Waals surface area (Å²) in [5.41, 5.74) is 3.82. The topological polar surface area (TPSA) is 87.9 Å². The van der Waals surface area contributed by atoms with E-state index < -0.39 is 35.4 Å². The highest BCUT2D eigenvalue weighted by Gasteiger charge is 2.45. The van der Waals surface area contributed by atoms with Gasteiger partial charge in [0.05, 0.1) is 46.2 Å². The van der Waals surface area contributed by atoms with Gasteiger partial charge in [-0.2, -0.15) is 0 Å². The highest BCUT2D eigenvalue weighted by molar-refractivity contribution is 5.85. The van der Waals surface area contributed by atoms with Crippen molar-refractivity contribution in [1.82, 2.24) is 30.6 Å². The third-order valence-corrected chi connectivity index (χ3v) is 12.5. The molecule has 6 heterocycles. The minimum absolute atomic E-state index is 0. The number of piperidine rings is 1. The molecule has 13 heteroatoms. The molecular formula is C39H43ClF4N8. The summed E-state index contributed by atoms with van der Waals surface area (Å²) in [5.74, 6) is -0.669. The predicted molar refractivity (Wildman–Crippen MR) is 196 cm³/mol. The Balaban J connectivity index is 0.00000360. The third kappa shape index (κ3) is 5.72. The van der Waals surface area contributed by atoms with Crippen LogP contribution in [0.25, 0.3) is 22.1 Å². The fourth-order valence-corrected chi connectivity index (χ4v) is 9.48. The summed E-state index contributed by atoms with van der Waals surface area (Å²) < 4.78 is 64.8. The van der Waals surface area contributed by atoms with E-state index in [1.807, 2.05) is 9.80 Å². The molecule has 4 aliphatic heterocycles. The number of nitrogens with one attached hydrogen (secondary N) is 4. The molecule has 1 saturated carbocycles. The molecule has 0 unspecified atom stereocenters. The average molecular weight is 735 g/mol. The van der Waals surface area contributed by atoms with Crippen LogP contribution in [0.15, 0.2) is 36.4 Å². The van der Waals surface area contributed by atoms with Gasteiger partial charge < -0.3 is 30.4 Å². The monoisotopic (exact) mass is 734 g/mol. The van der Waals surface area contributed by atoms with Crippen LogP contribution in [0.2, 0.25) is 0 Å². The van der Waals surface area contributed by atoms with Gasteiger partial charge in [-0.05, 0) is 107 Å². The summed E-state index contributed by atoms with van der Waals surface area (Å²) in [6.45, 7) is 3.04. The maximum Gasteiger partial charge on any atom is 0.151 e. The summed E-state index contributed by atoms with van der Waals surface area (Å²) in [7, 11) is 0. The van der Waals surface area contributed by atoms with Crippen LogP contribution in [0.1, 0.15) is 111 Å². The lowest BCUT2D eigenvalue weighted by Gasteiger charge is -2.36. The maximum atomic E-state index is 16.2. The fraction of sp³-hybridized carbons (Fsp3) is 0.487. The van der Waals surface area contributed by atoms with Crippen LogP contribution in [0.4, 0.5) is 28.9 Å². The molecule has 1 aliphatic carbocycles. The smallest absolute Gasteiger partial charge is 0.151 e. The van der Waals surface area contributed by atoms with E-state index in [9.17, 15) is 0 Å². The molecule has 8 nitrogen and oxygen atoms in total. The van der Waals surface area contributed by atoms with Gasteiger partial charge in [0.25, 0.3) is 0 Å². The van der Waals surface area contributed by atoms with Crippen LogP contribution in [-0.4, -0.2) is 46.1 Å². The molecule has 0 radical (unpaired) electrons. The first-order chi connectivity index (χ1) is 24.8. The van der Waals surface area contributed by atoms with Crippen molar-refractivity contribution in [1.29, 1.82) is 0 Å². The first kappa shape index (κ1) is 33.9. The number of nitrogens with zero attached hydrogens (tertiary/aromatic N) is 4. The highest BCUT2D eigenvalue weighted by Crippen LogP contribution is 2.55. The second-order valence-electron chi connectivity index (χ2n) is 15.6. The number of fused-ring (bicyclic) bond motifs is 2. The molecule has 52 heavy (non-hydrogen) atoms. The average Bonchev–Trinajstić information content (AvgIpc) is 3.80.